The number of imidazole rings is 1. The zero-order chi connectivity index (χ0) is 14.4. The molecule has 1 unspecified atom stereocenters. The number of carbonyl (C=O) groups is 2. The highest BCUT2D eigenvalue weighted by molar-refractivity contribution is 5.74. The average molecular weight is 280 g/mol. The van der Waals surface area contributed by atoms with Crippen LogP contribution in [0.4, 0.5) is 4.79 Å². The monoisotopic (exact) mass is 280 g/mol. The number of H-pyrrole nitrogens is 1. The van der Waals surface area contributed by atoms with Crippen molar-refractivity contribution >= 4 is 12.0 Å². The molecule has 1 saturated heterocycles. The average Bonchev–Trinajstić information content (AvgIpc) is 3.07. The highest BCUT2D eigenvalue weighted by Gasteiger charge is 2.26. The number of nitrogens with one attached hydrogen (secondary N) is 2. The third kappa shape index (κ3) is 4.25. The van der Waals surface area contributed by atoms with Gasteiger partial charge in [0.15, 0.2) is 0 Å². The van der Waals surface area contributed by atoms with Crippen molar-refractivity contribution in [3.63, 3.8) is 0 Å². The molecule has 2 rings (SSSR count). The quantitative estimate of drug-likeness (QED) is 0.719. The van der Waals surface area contributed by atoms with Gasteiger partial charge in [-0.25, -0.2) is 9.78 Å². The Hall–Kier alpha value is -2.05. The summed E-state index contributed by atoms with van der Waals surface area (Å²) in [7, 11) is 0. The minimum atomic E-state index is -0.772. The van der Waals surface area contributed by atoms with E-state index in [2.05, 4.69) is 15.3 Å². The van der Waals surface area contributed by atoms with Crippen molar-refractivity contribution in [2.24, 2.45) is 5.92 Å². The number of hydrogen-bond donors (Lipinski definition) is 3. The maximum Gasteiger partial charge on any atom is 0.317 e. The normalized spacial score (nSPS) is 18.2. The molecule has 1 aromatic rings. The van der Waals surface area contributed by atoms with Crippen molar-refractivity contribution in [1.82, 2.24) is 20.2 Å². The van der Waals surface area contributed by atoms with Crippen LogP contribution in [0.5, 0.6) is 0 Å². The molecule has 3 N–H and O–H groups in total. The standard InChI is InChI=1S/C13H20N4O3/c18-12(19)2-1-10-4-8-17(9-10)13(20)16-5-3-11-14-6-7-15-11/h6-7,10H,1-5,8-9H2,(H,14,15)(H,16,20)(H,18,19). The van der Waals surface area contributed by atoms with Gasteiger partial charge in [0.05, 0.1) is 0 Å². The van der Waals surface area contributed by atoms with E-state index >= 15 is 0 Å². The van der Waals surface area contributed by atoms with Gasteiger partial charge in [0, 0.05) is 44.9 Å². The van der Waals surface area contributed by atoms with Gasteiger partial charge in [-0.3, -0.25) is 4.79 Å². The number of aromatic amines is 1. The van der Waals surface area contributed by atoms with Crippen LogP contribution in [0.25, 0.3) is 0 Å². The van der Waals surface area contributed by atoms with Gasteiger partial charge < -0.3 is 20.3 Å². The predicted molar refractivity (Wildman–Crippen MR) is 72.2 cm³/mol. The Bertz CT molecular complexity index is 446. The minimum absolute atomic E-state index is 0.0746. The number of urea groups is 1. The molecule has 1 aromatic heterocycles. The van der Waals surface area contributed by atoms with E-state index in [0.717, 1.165) is 12.2 Å². The fourth-order valence-corrected chi connectivity index (χ4v) is 2.41. The maximum absolute atomic E-state index is 11.9. The van der Waals surface area contributed by atoms with E-state index in [1.807, 2.05) is 0 Å². The number of likely N-dealkylation sites (tertiary alicyclic amines) is 1. The number of hydrogen-bond acceptors (Lipinski definition) is 3. The lowest BCUT2D eigenvalue weighted by Gasteiger charge is -2.17. The zero-order valence-corrected chi connectivity index (χ0v) is 11.3. The Morgan fingerprint density at radius 2 is 2.40 bits per heavy atom. The molecule has 2 amide bonds. The summed E-state index contributed by atoms with van der Waals surface area (Å²) < 4.78 is 0. The van der Waals surface area contributed by atoms with Crippen molar-refractivity contribution in [1.29, 1.82) is 0 Å². The minimum Gasteiger partial charge on any atom is -0.481 e. The van der Waals surface area contributed by atoms with Crippen LogP contribution in [0.2, 0.25) is 0 Å². The number of carboxylic acid groups (broad SMARTS) is 1. The predicted octanol–water partition coefficient (Wildman–Crippen LogP) is 0.848. The first kappa shape index (κ1) is 14.4. The number of carbonyl (C=O) groups excluding carboxylic acids is 1. The number of carboxylic acids is 1. The summed E-state index contributed by atoms with van der Waals surface area (Å²) in [6, 6.07) is -0.0746. The van der Waals surface area contributed by atoms with E-state index < -0.39 is 5.97 Å². The number of rotatable bonds is 6. The number of nitrogens with zero attached hydrogens (tertiary/aromatic N) is 2. The Balaban J connectivity index is 1.65. The largest absolute Gasteiger partial charge is 0.481 e. The van der Waals surface area contributed by atoms with Crippen molar-refractivity contribution in [3.05, 3.63) is 18.2 Å². The second kappa shape index (κ2) is 6.93. The lowest BCUT2D eigenvalue weighted by molar-refractivity contribution is -0.137. The molecule has 110 valence electrons. The van der Waals surface area contributed by atoms with Gasteiger partial charge in [0.1, 0.15) is 5.82 Å². The molecule has 0 bridgehead atoms. The zero-order valence-electron chi connectivity index (χ0n) is 11.3. The summed E-state index contributed by atoms with van der Waals surface area (Å²) in [5.74, 6) is 0.388. The highest BCUT2D eigenvalue weighted by Crippen LogP contribution is 2.20. The van der Waals surface area contributed by atoms with Crippen LogP contribution in [0.1, 0.15) is 25.1 Å². The van der Waals surface area contributed by atoms with Crippen molar-refractivity contribution in [2.45, 2.75) is 25.7 Å². The Labute approximate surface area is 117 Å². The molecule has 0 aromatic carbocycles. The molecule has 20 heavy (non-hydrogen) atoms. The summed E-state index contributed by atoms with van der Waals surface area (Å²) >= 11 is 0. The summed E-state index contributed by atoms with van der Waals surface area (Å²) in [5, 5.41) is 11.5. The molecular formula is C13H20N4O3. The van der Waals surface area contributed by atoms with E-state index in [9.17, 15) is 9.59 Å². The SMILES string of the molecule is O=C(O)CCC1CCN(C(=O)NCCc2ncc[nH]2)C1. The van der Waals surface area contributed by atoms with Crippen LogP contribution >= 0.6 is 0 Å². The van der Waals surface area contributed by atoms with Crippen LogP contribution in [-0.2, 0) is 11.2 Å². The second-order valence-electron chi connectivity index (χ2n) is 5.05. The van der Waals surface area contributed by atoms with Crippen LogP contribution in [0.3, 0.4) is 0 Å². The Morgan fingerprint density at radius 3 is 3.10 bits per heavy atom. The van der Waals surface area contributed by atoms with Gasteiger partial charge in [-0.15, -0.1) is 0 Å². The second-order valence-corrected chi connectivity index (χ2v) is 5.05. The topological polar surface area (TPSA) is 98.3 Å². The van der Waals surface area contributed by atoms with Gasteiger partial charge in [-0.2, -0.15) is 0 Å². The van der Waals surface area contributed by atoms with Crippen molar-refractivity contribution in [3.8, 4) is 0 Å². The summed E-state index contributed by atoms with van der Waals surface area (Å²) in [5.41, 5.74) is 0. The van der Waals surface area contributed by atoms with Gasteiger partial charge in [0.2, 0.25) is 0 Å². The summed E-state index contributed by atoms with van der Waals surface area (Å²) in [6.07, 6.45) is 5.83. The molecule has 1 atom stereocenters. The van der Waals surface area contributed by atoms with E-state index in [1.54, 1.807) is 17.3 Å². The number of aliphatic carboxylic acids is 1. The molecule has 0 saturated carbocycles. The van der Waals surface area contributed by atoms with Crippen LogP contribution < -0.4 is 5.32 Å². The first-order valence-electron chi connectivity index (χ1n) is 6.88. The molecule has 1 aliphatic rings. The smallest absolute Gasteiger partial charge is 0.317 e. The third-order valence-corrected chi connectivity index (χ3v) is 3.53. The molecule has 7 heteroatoms. The molecular weight excluding hydrogens is 260 g/mol. The number of aromatic nitrogens is 2. The summed E-state index contributed by atoms with van der Waals surface area (Å²) in [6.45, 7) is 1.90. The van der Waals surface area contributed by atoms with Gasteiger partial charge in [0.25, 0.3) is 0 Å². The van der Waals surface area contributed by atoms with Crippen molar-refractivity contribution in [2.75, 3.05) is 19.6 Å². The van der Waals surface area contributed by atoms with E-state index in [1.165, 1.54) is 0 Å². The third-order valence-electron chi connectivity index (χ3n) is 3.53. The first-order chi connectivity index (χ1) is 9.65. The van der Waals surface area contributed by atoms with Crippen LogP contribution in [-0.4, -0.2) is 51.6 Å². The van der Waals surface area contributed by atoms with Crippen LogP contribution in [0.15, 0.2) is 12.4 Å². The van der Waals surface area contributed by atoms with Crippen molar-refractivity contribution < 1.29 is 14.7 Å². The lowest BCUT2D eigenvalue weighted by atomic mass is 10.0. The lowest BCUT2D eigenvalue weighted by Crippen LogP contribution is -2.39. The Kier molecular flexibility index (Phi) is 4.97. The molecule has 1 aliphatic heterocycles. The fourth-order valence-electron chi connectivity index (χ4n) is 2.41. The number of amides is 2. The molecule has 0 aliphatic carbocycles. The Morgan fingerprint density at radius 1 is 1.55 bits per heavy atom. The van der Waals surface area contributed by atoms with Gasteiger partial charge in [-0.05, 0) is 18.8 Å². The highest BCUT2D eigenvalue weighted by atomic mass is 16.4. The molecule has 1 fully saturated rings. The van der Waals surface area contributed by atoms with E-state index in [-0.39, 0.29) is 12.5 Å². The van der Waals surface area contributed by atoms with Gasteiger partial charge in [-0.1, -0.05) is 0 Å². The summed E-state index contributed by atoms with van der Waals surface area (Å²) in [4.78, 5) is 31.3. The fraction of sp³-hybridized carbons (Fsp3) is 0.615. The van der Waals surface area contributed by atoms with E-state index in [0.29, 0.717) is 38.4 Å². The molecule has 2 heterocycles. The molecule has 7 nitrogen and oxygen atoms in total. The first-order valence-corrected chi connectivity index (χ1v) is 6.88. The van der Waals surface area contributed by atoms with Gasteiger partial charge >= 0.3 is 12.0 Å². The van der Waals surface area contributed by atoms with E-state index in [4.69, 9.17) is 5.11 Å². The molecule has 0 spiro atoms. The molecule has 0 radical (unpaired) electrons. The van der Waals surface area contributed by atoms with Crippen LogP contribution in [0, 0.1) is 5.92 Å². The maximum atomic E-state index is 11.9.